The highest BCUT2D eigenvalue weighted by atomic mass is 15.3. The molecule has 0 spiro atoms. The van der Waals surface area contributed by atoms with Gasteiger partial charge in [0.1, 0.15) is 5.82 Å². The third-order valence-corrected chi connectivity index (χ3v) is 3.04. The normalized spacial score (nSPS) is 17.9. The molecule has 2 heterocycles. The van der Waals surface area contributed by atoms with Gasteiger partial charge in [-0.1, -0.05) is 6.92 Å². The standard InChI is InChI=1S/C11H18N4/c1-9-3-6-15(7-4-9)10-2-5-13-11(8-10)14-12/h2,5,8-9H,3-4,6-7,12H2,1H3,(H,13,14). The summed E-state index contributed by atoms with van der Waals surface area (Å²) < 4.78 is 0. The molecule has 82 valence electrons. The number of piperidine rings is 1. The zero-order chi connectivity index (χ0) is 10.7. The van der Waals surface area contributed by atoms with Crippen molar-refractivity contribution in [3.63, 3.8) is 0 Å². The number of hydrazine groups is 1. The summed E-state index contributed by atoms with van der Waals surface area (Å²) in [5.74, 6) is 6.92. The van der Waals surface area contributed by atoms with E-state index in [0.717, 1.165) is 24.8 Å². The first kappa shape index (κ1) is 10.2. The monoisotopic (exact) mass is 206 g/mol. The highest BCUT2D eigenvalue weighted by Crippen LogP contribution is 2.23. The zero-order valence-electron chi connectivity index (χ0n) is 9.11. The van der Waals surface area contributed by atoms with Gasteiger partial charge in [-0.25, -0.2) is 10.8 Å². The number of nitrogens with two attached hydrogens (primary N) is 1. The second kappa shape index (κ2) is 4.49. The van der Waals surface area contributed by atoms with E-state index in [9.17, 15) is 0 Å². The molecule has 1 aromatic rings. The Balaban J connectivity index is 2.08. The van der Waals surface area contributed by atoms with Gasteiger partial charge < -0.3 is 10.3 Å². The molecule has 0 radical (unpaired) electrons. The molecule has 0 bridgehead atoms. The Morgan fingerprint density at radius 1 is 1.47 bits per heavy atom. The quantitative estimate of drug-likeness (QED) is 0.570. The predicted molar refractivity (Wildman–Crippen MR) is 62.7 cm³/mol. The van der Waals surface area contributed by atoms with Crippen molar-refractivity contribution in [1.29, 1.82) is 0 Å². The lowest BCUT2D eigenvalue weighted by molar-refractivity contribution is 0.438. The summed E-state index contributed by atoms with van der Waals surface area (Å²) in [6.07, 6.45) is 4.34. The van der Waals surface area contributed by atoms with Crippen molar-refractivity contribution in [3.05, 3.63) is 18.3 Å². The summed E-state index contributed by atoms with van der Waals surface area (Å²) in [6, 6.07) is 4.03. The largest absolute Gasteiger partial charge is 0.371 e. The Labute approximate surface area is 90.5 Å². The second-order valence-electron chi connectivity index (χ2n) is 4.21. The van der Waals surface area contributed by atoms with Crippen molar-refractivity contribution in [3.8, 4) is 0 Å². The van der Waals surface area contributed by atoms with Gasteiger partial charge in [-0.05, 0) is 24.8 Å². The molecular weight excluding hydrogens is 188 g/mol. The van der Waals surface area contributed by atoms with E-state index in [-0.39, 0.29) is 0 Å². The molecule has 4 heteroatoms. The van der Waals surface area contributed by atoms with Crippen molar-refractivity contribution in [2.75, 3.05) is 23.4 Å². The topological polar surface area (TPSA) is 54.2 Å². The van der Waals surface area contributed by atoms with Gasteiger partial charge in [-0.15, -0.1) is 0 Å². The third kappa shape index (κ3) is 2.39. The highest BCUT2D eigenvalue weighted by Gasteiger charge is 2.16. The van der Waals surface area contributed by atoms with Gasteiger partial charge in [-0.2, -0.15) is 0 Å². The van der Waals surface area contributed by atoms with Crippen LogP contribution in [0.4, 0.5) is 11.5 Å². The number of nitrogens with one attached hydrogen (secondary N) is 1. The summed E-state index contributed by atoms with van der Waals surface area (Å²) in [6.45, 7) is 4.58. The number of nitrogen functional groups attached to an aromatic ring is 1. The number of aromatic nitrogens is 1. The average molecular weight is 206 g/mol. The van der Waals surface area contributed by atoms with Crippen LogP contribution in [0.25, 0.3) is 0 Å². The first-order valence-electron chi connectivity index (χ1n) is 5.47. The van der Waals surface area contributed by atoms with E-state index >= 15 is 0 Å². The fourth-order valence-corrected chi connectivity index (χ4v) is 1.96. The molecule has 1 saturated heterocycles. The molecule has 1 fully saturated rings. The van der Waals surface area contributed by atoms with Crippen LogP contribution in [0, 0.1) is 5.92 Å². The van der Waals surface area contributed by atoms with E-state index in [1.165, 1.54) is 18.5 Å². The number of nitrogens with zero attached hydrogens (tertiary/aromatic N) is 2. The smallest absolute Gasteiger partial charge is 0.141 e. The van der Waals surface area contributed by atoms with E-state index in [0.29, 0.717) is 0 Å². The summed E-state index contributed by atoms with van der Waals surface area (Å²) in [5.41, 5.74) is 3.79. The number of anilines is 2. The van der Waals surface area contributed by atoms with Gasteiger partial charge in [0.15, 0.2) is 0 Å². The van der Waals surface area contributed by atoms with E-state index in [2.05, 4.69) is 22.2 Å². The fourth-order valence-electron chi connectivity index (χ4n) is 1.96. The van der Waals surface area contributed by atoms with Crippen LogP contribution in [0.2, 0.25) is 0 Å². The lowest BCUT2D eigenvalue weighted by Crippen LogP contribution is -2.32. The van der Waals surface area contributed by atoms with Crippen LogP contribution < -0.4 is 16.2 Å². The molecule has 0 aromatic carbocycles. The molecule has 0 amide bonds. The van der Waals surface area contributed by atoms with Crippen molar-refractivity contribution in [2.45, 2.75) is 19.8 Å². The molecule has 4 nitrogen and oxygen atoms in total. The Morgan fingerprint density at radius 2 is 2.20 bits per heavy atom. The molecule has 0 unspecified atom stereocenters. The Morgan fingerprint density at radius 3 is 2.87 bits per heavy atom. The van der Waals surface area contributed by atoms with Crippen LogP contribution >= 0.6 is 0 Å². The molecule has 0 atom stereocenters. The summed E-state index contributed by atoms with van der Waals surface area (Å²) in [5, 5.41) is 0. The first-order valence-corrected chi connectivity index (χ1v) is 5.47. The maximum absolute atomic E-state index is 5.34. The van der Waals surface area contributed by atoms with E-state index in [1.807, 2.05) is 12.1 Å². The predicted octanol–water partition coefficient (Wildman–Crippen LogP) is 1.60. The molecule has 1 aliphatic heterocycles. The molecular formula is C11H18N4. The Bertz CT molecular complexity index is 318. The van der Waals surface area contributed by atoms with Crippen molar-refractivity contribution >= 4 is 11.5 Å². The van der Waals surface area contributed by atoms with E-state index in [4.69, 9.17) is 5.84 Å². The minimum Gasteiger partial charge on any atom is -0.371 e. The SMILES string of the molecule is CC1CCN(c2ccnc(NN)c2)CC1. The number of rotatable bonds is 2. The second-order valence-corrected chi connectivity index (χ2v) is 4.21. The third-order valence-electron chi connectivity index (χ3n) is 3.04. The molecule has 0 saturated carbocycles. The van der Waals surface area contributed by atoms with E-state index in [1.54, 1.807) is 6.20 Å². The fraction of sp³-hybridized carbons (Fsp3) is 0.545. The van der Waals surface area contributed by atoms with Gasteiger partial charge in [0, 0.05) is 31.0 Å². The van der Waals surface area contributed by atoms with Gasteiger partial charge in [-0.3, -0.25) is 0 Å². The van der Waals surface area contributed by atoms with Gasteiger partial charge in [0.25, 0.3) is 0 Å². The van der Waals surface area contributed by atoms with Crippen molar-refractivity contribution in [1.82, 2.24) is 4.98 Å². The maximum Gasteiger partial charge on any atom is 0.141 e. The molecule has 15 heavy (non-hydrogen) atoms. The summed E-state index contributed by atoms with van der Waals surface area (Å²) in [4.78, 5) is 6.50. The molecule has 2 rings (SSSR count). The average Bonchev–Trinajstić information content (AvgIpc) is 2.30. The van der Waals surface area contributed by atoms with Crippen molar-refractivity contribution in [2.24, 2.45) is 11.8 Å². The van der Waals surface area contributed by atoms with Crippen LogP contribution in [0.1, 0.15) is 19.8 Å². The Hall–Kier alpha value is -1.29. The summed E-state index contributed by atoms with van der Waals surface area (Å²) in [7, 11) is 0. The lowest BCUT2D eigenvalue weighted by Gasteiger charge is -2.32. The molecule has 3 N–H and O–H groups in total. The van der Waals surface area contributed by atoms with Gasteiger partial charge >= 0.3 is 0 Å². The number of hydrogen-bond donors (Lipinski definition) is 2. The minimum absolute atomic E-state index is 0.728. The molecule has 1 aliphatic rings. The lowest BCUT2D eigenvalue weighted by atomic mass is 9.99. The van der Waals surface area contributed by atoms with Gasteiger partial charge in [0.2, 0.25) is 0 Å². The first-order chi connectivity index (χ1) is 7.29. The van der Waals surface area contributed by atoms with E-state index < -0.39 is 0 Å². The zero-order valence-corrected chi connectivity index (χ0v) is 9.11. The Kier molecular flexibility index (Phi) is 3.06. The maximum atomic E-state index is 5.34. The van der Waals surface area contributed by atoms with Crippen LogP contribution in [-0.2, 0) is 0 Å². The number of pyridine rings is 1. The molecule has 0 aliphatic carbocycles. The highest BCUT2D eigenvalue weighted by molar-refractivity contribution is 5.53. The number of hydrogen-bond acceptors (Lipinski definition) is 4. The summed E-state index contributed by atoms with van der Waals surface area (Å²) >= 11 is 0. The van der Waals surface area contributed by atoms with Gasteiger partial charge in [0.05, 0.1) is 0 Å². The van der Waals surface area contributed by atoms with Crippen LogP contribution in [-0.4, -0.2) is 18.1 Å². The van der Waals surface area contributed by atoms with Crippen LogP contribution in [0.3, 0.4) is 0 Å². The minimum atomic E-state index is 0.728. The molecule has 1 aromatic heterocycles. The van der Waals surface area contributed by atoms with Crippen LogP contribution in [0.15, 0.2) is 18.3 Å². The van der Waals surface area contributed by atoms with Crippen LogP contribution in [0.5, 0.6) is 0 Å². The van der Waals surface area contributed by atoms with Crippen molar-refractivity contribution < 1.29 is 0 Å².